The van der Waals surface area contributed by atoms with E-state index in [1.807, 2.05) is 30.3 Å². The molecule has 0 bridgehead atoms. The van der Waals surface area contributed by atoms with Gasteiger partial charge in [-0.15, -0.1) is 0 Å². The Kier molecular flexibility index (Phi) is 6.84. The van der Waals surface area contributed by atoms with Gasteiger partial charge in [0.05, 0.1) is 19.8 Å². The Morgan fingerprint density at radius 3 is 2.75 bits per heavy atom. The van der Waals surface area contributed by atoms with E-state index < -0.39 is 0 Å². The lowest BCUT2D eigenvalue weighted by atomic mass is 10.2. The van der Waals surface area contributed by atoms with Crippen molar-refractivity contribution in [1.82, 2.24) is 10.2 Å². The fraction of sp³-hybridized carbons (Fsp3) is 0.625. The molecule has 0 radical (unpaired) electrons. The van der Waals surface area contributed by atoms with Gasteiger partial charge in [-0.25, -0.2) is 0 Å². The summed E-state index contributed by atoms with van der Waals surface area (Å²) in [4.78, 5) is 2.46. The van der Waals surface area contributed by atoms with Crippen molar-refractivity contribution < 1.29 is 9.47 Å². The number of benzene rings is 1. The van der Waals surface area contributed by atoms with Gasteiger partial charge in [-0.1, -0.05) is 18.2 Å². The van der Waals surface area contributed by atoms with Gasteiger partial charge in [0.15, 0.2) is 0 Å². The van der Waals surface area contributed by atoms with E-state index in [0.717, 1.165) is 58.2 Å². The summed E-state index contributed by atoms with van der Waals surface area (Å²) >= 11 is 0. The molecule has 1 N–H and O–H groups in total. The van der Waals surface area contributed by atoms with E-state index in [1.54, 1.807) is 0 Å². The van der Waals surface area contributed by atoms with Crippen LogP contribution in [0.4, 0.5) is 0 Å². The summed E-state index contributed by atoms with van der Waals surface area (Å²) in [6.07, 6.45) is 1.03. The molecular weight excluding hydrogens is 252 g/mol. The van der Waals surface area contributed by atoms with Crippen LogP contribution in [-0.2, 0) is 4.74 Å². The number of nitrogens with zero attached hydrogens (tertiary/aromatic N) is 1. The molecule has 1 aromatic carbocycles. The normalized spacial score (nSPS) is 17.9. The maximum absolute atomic E-state index is 5.67. The molecular formula is C16H26N2O2. The second kappa shape index (κ2) is 8.95. The van der Waals surface area contributed by atoms with Crippen molar-refractivity contribution in [2.45, 2.75) is 19.4 Å². The second-order valence-electron chi connectivity index (χ2n) is 5.28. The van der Waals surface area contributed by atoms with Gasteiger partial charge in [-0.3, -0.25) is 4.90 Å². The number of para-hydroxylation sites is 1. The zero-order valence-electron chi connectivity index (χ0n) is 12.4. The maximum Gasteiger partial charge on any atom is 0.119 e. The van der Waals surface area contributed by atoms with Crippen molar-refractivity contribution in [3.8, 4) is 5.75 Å². The topological polar surface area (TPSA) is 33.7 Å². The number of hydrogen-bond donors (Lipinski definition) is 1. The molecule has 1 saturated heterocycles. The summed E-state index contributed by atoms with van der Waals surface area (Å²) in [6, 6.07) is 10.5. The molecule has 1 aliphatic rings. The second-order valence-corrected chi connectivity index (χ2v) is 5.28. The molecule has 0 amide bonds. The molecule has 4 nitrogen and oxygen atoms in total. The Hall–Kier alpha value is -1.10. The van der Waals surface area contributed by atoms with E-state index in [2.05, 4.69) is 17.1 Å². The highest BCUT2D eigenvalue weighted by molar-refractivity contribution is 5.20. The Morgan fingerprint density at radius 1 is 1.25 bits per heavy atom. The van der Waals surface area contributed by atoms with Gasteiger partial charge in [0.25, 0.3) is 0 Å². The lowest BCUT2D eigenvalue weighted by Gasteiger charge is -2.29. The first-order chi connectivity index (χ1) is 9.84. The third-order valence-corrected chi connectivity index (χ3v) is 3.46. The van der Waals surface area contributed by atoms with Crippen LogP contribution in [0.5, 0.6) is 5.75 Å². The van der Waals surface area contributed by atoms with Crippen LogP contribution in [0.2, 0.25) is 0 Å². The molecule has 1 unspecified atom stereocenters. The highest BCUT2D eigenvalue weighted by Gasteiger charge is 2.12. The van der Waals surface area contributed by atoms with Gasteiger partial charge in [0.1, 0.15) is 5.75 Å². The summed E-state index contributed by atoms with van der Waals surface area (Å²) in [5, 5.41) is 3.55. The molecule has 1 fully saturated rings. The zero-order valence-corrected chi connectivity index (χ0v) is 12.4. The molecule has 0 aromatic heterocycles. The standard InChI is InChI=1S/C16H26N2O2/c1-15(14-18-9-12-19-13-10-18)17-8-5-11-20-16-6-3-2-4-7-16/h2-4,6-7,15,17H,5,8-14H2,1H3. The van der Waals surface area contributed by atoms with Gasteiger partial charge in [-0.2, -0.15) is 0 Å². The minimum absolute atomic E-state index is 0.518. The van der Waals surface area contributed by atoms with Crippen molar-refractivity contribution in [1.29, 1.82) is 0 Å². The Balaban J connectivity index is 1.50. The first-order valence-electron chi connectivity index (χ1n) is 7.56. The predicted octanol–water partition coefficient (Wildman–Crippen LogP) is 1.77. The number of rotatable bonds is 8. The minimum atomic E-state index is 0.518. The largest absolute Gasteiger partial charge is 0.494 e. The molecule has 2 rings (SSSR count). The highest BCUT2D eigenvalue weighted by atomic mass is 16.5. The van der Waals surface area contributed by atoms with Crippen molar-refractivity contribution in [2.75, 3.05) is 46.0 Å². The first-order valence-corrected chi connectivity index (χ1v) is 7.56. The fourth-order valence-electron chi connectivity index (χ4n) is 2.36. The summed E-state index contributed by atoms with van der Waals surface area (Å²) in [6.45, 7) is 8.97. The summed E-state index contributed by atoms with van der Waals surface area (Å²) in [5.74, 6) is 0.953. The van der Waals surface area contributed by atoms with E-state index in [-0.39, 0.29) is 0 Å². The Bertz CT molecular complexity index is 353. The van der Waals surface area contributed by atoms with Crippen LogP contribution in [0.3, 0.4) is 0 Å². The average molecular weight is 278 g/mol. The molecule has 0 aliphatic carbocycles. The third kappa shape index (κ3) is 5.90. The van der Waals surface area contributed by atoms with Crippen molar-refractivity contribution in [3.63, 3.8) is 0 Å². The van der Waals surface area contributed by atoms with Crippen molar-refractivity contribution in [3.05, 3.63) is 30.3 Å². The number of nitrogens with one attached hydrogen (secondary N) is 1. The number of morpholine rings is 1. The van der Waals surface area contributed by atoms with Crippen LogP contribution in [0, 0.1) is 0 Å². The van der Waals surface area contributed by atoms with E-state index in [0.29, 0.717) is 6.04 Å². The number of ether oxygens (including phenoxy) is 2. The van der Waals surface area contributed by atoms with E-state index >= 15 is 0 Å². The van der Waals surface area contributed by atoms with Crippen molar-refractivity contribution in [2.24, 2.45) is 0 Å². The molecule has 1 aromatic rings. The Labute approximate surface area is 122 Å². The van der Waals surface area contributed by atoms with Gasteiger partial charge in [-0.05, 0) is 32.0 Å². The lowest BCUT2D eigenvalue weighted by molar-refractivity contribution is 0.0344. The minimum Gasteiger partial charge on any atom is -0.494 e. The van der Waals surface area contributed by atoms with Crippen LogP contribution in [0.25, 0.3) is 0 Å². The molecule has 0 saturated carbocycles. The van der Waals surface area contributed by atoms with Crippen LogP contribution in [-0.4, -0.2) is 56.9 Å². The summed E-state index contributed by atoms with van der Waals surface area (Å²) in [7, 11) is 0. The van der Waals surface area contributed by atoms with E-state index in [9.17, 15) is 0 Å². The molecule has 112 valence electrons. The molecule has 1 heterocycles. The van der Waals surface area contributed by atoms with Crippen LogP contribution in [0.1, 0.15) is 13.3 Å². The van der Waals surface area contributed by atoms with Gasteiger partial charge in [0.2, 0.25) is 0 Å². The molecule has 1 atom stereocenters. The van der Waals surface area contributed by atoms with E-state index in [4.69, 9.17) is 9.47 Å². The summed E-state index contributed by atoms with van der Waals surface area (Å²) < 4.78 is 11.0. The van der Waals surface area contributed by atoms with Gasteiger partial charge in [0, 0.05) is 25.7 Å². The SMILES string of the molecule is CC(CN1CCOCC1)NCCCOc1ccccc1. The van der Waals surface area contributed by atoms with E-state index in [1.165, 1.54) is 0 Å². The summed E-state index contributed by atoms with van der Waals surface area (Å²) in [5.41, 5.74) is 0. The fourth-order valence-corrected chi connectivity index (χ4v) is 2.36. The molecule has 20 heavy (non-hydrogen) atoms. The van der Waals surface area contributed by atoms with Crippen LogP contribution in [0.15, 0.2) is 30.3 Å². The zero-order chi connectivity index (χ0) is 14.0. The predicted molar refractivity (Wildman–Crippen MR) is 81.3 cm³/mol. The van der Waals surface area contributed by atoms with Crippen LogP contribution >= 0.6 is 0 Å². The molecule has 1 aliphatic heterocycles. The average Bonchev–Trinajstić information content (AvgIpc) is 2.49. The van der Waals surface area contributed by atoms with Crippen molar-refractivity contribution >= 4 is 0 Å². The first kappa shape index (κ1) is 15.3. The maximum atomic E-state index is 5.67. The Morgan fingerprint density at radius 2 is 2.00 bits per heavy atom. The quantitative estimate of drug-likeness (QED) is 0.735. The molecule has 4 heteroatoms. The number of hydrogen-bond acceptors (Lipinski definition) is 4. The monoisotopic (exact) mass is 278 g/mol. The lowest BCUT2D eigenvalue weighted by Crippen LogP contribution is -2.44. The van der Waals surface area contributed by atoms with Crippen LogP contribution < -0.4 is 10.1 Å². The smallest absolute Gasteiger partial charge is 0.119 e. The van der Waals surface area contributed by atoms with Gasteiger partial charge < -0.3 is 14.8 Å². The van der Waals surface area contributed by atoms with Gasteiger partial charge >= 0.3 is 0 Å². The molecule has 0 spiro atoms. The third-order valence-electron chi connectivity index (χ3n) is 3.46. The highest BCUT2D eigenvalue weighted by Crippen LogP contribution is 2.08.